The monoisotopic (exact) mass is 346 g/mol. The van der Waals surface area contributed by atoms with Crippen molar-refractivity contribution in [3.63, 3.8) is 0 Å². The van der Waals surface area contributed by atoms with Gasteiger partial charge in [0.25, 0.3) is 0 Å². The highest BCUT2D eigenvalue weighted by atomic mass is 79.9. The normalized spacial score (nSPS) is 12.9. The van der Waals surface area contributed by atoms with Crippen LogP contribution in [0.1, 0.15) is 17.5 Å². The quantitative estimate of drug-likeness (QED) is 0.838. The number of para-hydroxylation sites is 2. The van der Waals surface area contributed by atoms with E-state index in [1.54, 1.807) is 0 Å². The fourth-order valence-corrected chi connectivity index (χ4v) is 3.03. The van der Waals surface area contributed by atoms with E-state index < -0.39 is 0 Å². The van der Waals surface area contributed by atoms with Crippen LogP contribution in [-0.4, -0.2) is 20.1 Å². The molecular formula is C18H23BrN2. The molecule has 1 heterocycles. The van der Waals surface area contributed by atoms with Gasteiger partial charge in [-0.15, -0.1) is 17.0 Å². The molecule has 21 heavy (non-hydrogen) atoms. The lowest BCUT2D eigenvalue weighted by Crippen LogP contribution is -2.22. The molecular weight excluding hydrogens is 324 g/mol. The van der Waals surface area contributed by atoms with Crippen molar-refractivity contribution in [1.82, 2.24) is 5.32 Å². The third kappa shape index (κ3) is 3.47. The molecule has 1 N–H and O–H groups in total. The topological polar surface area (TPSA) is 15.3 Å². The third-order valence-corrected chi connectivity index (χ3v) is 4.04. The highest BCUT2D eigenvalue weighted by Gasteiger charge is 2.19. The Labute approximate surface area is 137 Å². The lowest BCUT2D eigenvalue weighted by atomic mass is 10.0. The maximum Gasteiger partial charge on any atom is 0.0443 e. The van der Waals surface area contributed by atoms with Crippen molar-refractivity contribution < 1.29 is 0 Å². The molecule has 0 amide bonds. The van der Waals surface area contributed by atoms with Crippen LogP contribution >= 0.6 is 17.0 Å². The van der Waals surface area contributed by atoms with Gasteiger partial charge in [-0.25, -0.2) is 0 Å². The second-order valence-electron chi connectivity index (χ2n) is 5.37. The van der Waals surface area contributed by atoms with Gasteiger partial charge in [0.1, 0.15) is 0 Å². The minimum absolute atomic E-state index is 0. The van der Waals surface area contributed by atoms with Crippen molar-refractivity contribution in [2.24, 2.45) is 0 Å². The summed E-state index contributed by atoms with van der Waals surface area (Å²) in [6.45, 7) is 2.12. The van der Waals surface area contributed by atoms with Crippen LogP contribution in [0.3, 0.4) is 0 Å². The summed E-state index contributed by atoms with van der Waals surface area (Å²) in [4.78, 5) is 2.50. The number of halogens is 1. The Bertz CT molecular complexity index is 535. The third-order valence-electron chi connectivity index (χ3n) is 4.04. The van der Waals surface area contributed by atoms with Crippen molar-refractivity contribution in [1.29, 1.82) is 0 Å². The van der Waals surface area contributed by atoms with E-state index in [0.717, 1.165) is 32.4 Å². The fraction of sp³-hybridized carbons (Fsp3) is 0.333. The van der Waals surface area contributed by atoms with Crippen molar-refractivity contribution in [3.05, 3.63) is 59.7 Å². The molecule has 0 fully saturated rings. The molecule has 2 aromatic carbocycles. The average Bonchev–Trinajstić information content (AvgIpc) is 2.66. The standard InChI is InChI=1S/C18H22N2.BrH/c1-19-13-6-14-20-17-9-4-2-7-15(17)11-12-16-8-3-5-10-18(16)20;/h2-5,7-10,19H,6,11-14H2,1H3;1H. The number of hydrogen-bond acceptors (Lipinski definition) is 2. The molecule has 0 unspecified atom stereocenters. The van der Waals surface area contributed by atoms with Gasteiger partial charge < -0.3 is 10.2 Å². The van der Waals surface area contributed by atoms with Gasteiger partial charge in [0.15, 0.2) is 0 Å². The summed E-state index contributed by atoms with van der Waals surface area (Å²) in [7, 11) is 2.02. The first-order valence-corrected chi connectivity index (χ1v) is 7.48. The predicted molar refractivity (Wildman–Crippen MR) is 96.2 cm³/mol. The Morgan fingerprint density at radius 1 is 0.905 bits per heavy atom. The largest absolute Gasteiger partial charge is 0.341 e. The molecule has 112 valence electrons. The Kier molecular flexibility index (Phi) is 5.83. The minimum atomic E-state index is 0. The molecule has 0 bridgehead atoms. The van der Waals surface area contributed by atoms with E-state index >= 15 is 0 Å². The maximum atomic E-state index is 3.24. The van der Waals surface area contributed by atoms with E-state index in [0.29, 0.717) is 0 Å². The summed E-state index contributed by atoms with van der Waals surface area (Å²) in [6.07, 6.45) is 3.42. The molecule has 0 saturated carbocycles. The van der Waals surface area contributed by atoms with Gasteiger partial charge >= 0.3 is 0 Å². The van der Waals surface area contributed by atoms with E-state index in [4.69, 9.17) is 0 Å². The van der Waals surface area contributed by atoms with Gasteiger partial charge in [0.05, 0.1) is 0 Å². The van der Waals surface area contributed by atoms with E-state index in [9.17, 15) is 0 Å². The number of fused-ring (bicyclic) bond motifs is 2. The van der Waals surface area contributed by atoms with Crippen molar-refractivity contribution in [3.8, 4) is 0 Å². The molecule has 0 spiro atoms. The SMILES string of the molecule is Br.CNCCCN1c2ccccc2CCc2ccccc21. The molecule has 3 heteroatoms. The van der Waals surface area contributed by atoms with Gasteiger partial charge in [-0.1, -0.05) is 36.4 Å². The van der Waals surface area contributed by atoms with Crippen LogP contribution in [-0.2, 0) is 12.8 Å². The van der Waals surface area contributed by atoms with E-state index in [-0.39, 0.29) is 17.0 Å². The summed E-state index contributed by atoms with van der Waals surface area (Å²) in [5.41, 5.74) is 5.70. The number of benzene rings is 2. The molecule has 0 saturated heterocycles. The molecule has 2 nitrogen and oxygen atoms in total. The summed E-state index contributed by atoms with van der Waals surface area (Å²) < 4.78 is 0. The molecule has 1 aliphatic heterocycles. The highest BCUT2D eigenvalue weighted by Crippen LogP contribution is 2.35. The lowest BCUT2D eigenvalue weighted by molar-refractivity contribution is 0.723. The first kappa shape index (κ1) is 16.1. The molecule has 0 radical (unpaired) electrons. The van der Waals surface area contributed by atoms with Crippen LogP contribution in [0.5, 0.6) is 0 Å². The van der Waals surface area contributed by atoms with Crippen molar-refractivity contribution in [2.45, 2.75) is 19.3 Å². The zero-order valence-corrected chi connectivity index (χ0v) is 14.2. The number of aryl methyl sites for hydroxylation is 2. The number of hydrogen-bond donors (Lipinski definition) is 1. The zero-order chi connectivity index (χ0) is 13.8. The Balaban J connectivity index is 0.00000161. The smallest absolute Gasteiger partial charge is 0.0443 e. The maximum absolute atomic E-state index is 3.24. The van der Waals surface area contributed by atoms with Crippen LogP contribution in [0.2, 0.25) is 0 Å². The van der Waals surface area contributed by atoms with E-state index in [2.05, 4.69) is 58.7 Å². The van der Waals surface area contributed by atoms with Crippen LogP contribution in [0.4, 0.5) is 11.4 Å². The molecule has 1 aliphatic rings. The van der Waals surface area contributed by atoms with Crippen LogP contribution < -0.4 is 10.2 Å². The van der Waals surface area contributed by atoms with Crippen LogP contribution in [0, 0.1) is 0 Å². The molecule has 0 aromatic heterocycles. The summed E-state index contributed by atoms with van der Waals surface area (Å²) >= 11 is 0. The Morgan fingerprint density at radius 2 is 1.43 bits per heavy atom. The highest BCUT2D eigenvalue weighted by molar-refractivity contribution is 8.93. The summed E-state index contributed by atoms with van der Waals surface area (Å²) in [6, 6.07) is 17.7. The number of nitrogens with zero attached hydrogens (tertiary/aromatic N) is 1. The molecule has 3 rings (SSSR count). The van der Waals surface area contributed by atoms with Crippen molar-refractivity contribution in [2.75, 3.05) is 25.0 Å². The second-order valence-corrected chi connectivity index (χ2v) is 5.37. The predicted octanol–water partition coefficient (Wildman–Crippen LogP) is 4.11. The first-order valence-electron chi connectivity index (χ1n) is 7.48. The summed E-state index contributed by atoms with van der Waals surface area (Å²) in [5.74, 6) is 0. The Hall–Kier alpha value is -1.32. The molecule has 0 aliphatic carbocycles. The fourth-order valence-electron chi connectivity index (χ4n) is 3.03. The number of anilines is 2. The number of rotatable bonds is 4. The van der Waals surface area contributed by atoms with Crippen LogP contribution in [0.25, 0.3) is 0 Å². The molecule has 0 atom stereocenters. The lowest BCUT2D eigenvalue weighted by Gasteiger charge is -2.27. The minimum Gasteiger partial charge on any atom is -0.341 e. The Morgan fingerprint density at radius 3 is 1.95 bits per heavy atom. The van der Waals surface area contributed by atoms with Gasteiger partial charge in [-0.05, 0) is 56.1 Å². The van der Waals surface area contributed by atoms with E-state index in [1.807, 2.05) is 7.05 Å². The van der Waals surface area contributed by atoms with Gasteiger partial charge in [-0.3, -0.25) is 0 Å². The van der Waals surface area contributed by atoms with Crippen LogP contribution in [0.15, 0.2) is 48.5 Å². The van der Waals surface area contributed by atoms with Gasteiger partial charge in [0.2, 0.25) is 0 Å². The van der Waals surface area contributed by atoms with E-state index in [1.165, 1.54) is 22.5 Å². The zero-order valence-electron chi connectivity index (χ0n) is 12.5. The van der Waals surface area contributed by atoms with Gasteiger partial charge in [-0.2, -0.15) is 0 Å². The van der Waals surface area contributed by atoms with Crippen molar-refractivity contribution >= 4 is 28.4 Å². The van der Waals surface area contributed by atoms with Gasteiger partial charge in [0, 0.05) is 17.9 Å². The summed E-state index contributed by atoms with van der Waals surface area (Å²) in [5, 5.41) is 3.24. The second kappa shape index (κ2) is 7.62. The number of nitrogens with one attached hydrogen (secondary N) is 1. The first-order chi connectivity index (χ1) is 9.90. The molecule has 2 aromatic rings. The average molecular weight is 347 g/mol.